The summed E-state index contributed by atoms with van der Waals surface area (Å²) in [6, 6.07) is 19.7. The van der Waals surface area contributed by atoms with E-state index in [0.29, 0.717) is 18.8 Å². The summed E-state index contributed by atoms with van der Waals surface area (Å²) >= 11 is 6.12. The van der Waals surface area contributed by atoms with Crippen molar-refractivity contribution in [1.82, 2.24) is 10.1 Å². The summed E-state index contributed by atoms with van der Waals surface area (Å²) in [6.07, 6.45) is 1.67. The lowest BCUT2D eigenvalue weighted by atomic mass is 9.99. The van der Waals surface area contributed by atoms with Gasteiger partial charge in [0.1, 0.15) is 0 Å². The van der Waals surface area contributed by atoms with Crippen LogP contribution in [0.4, 0.5) is 5.69 Å². The third-order valence-corrected chi connectivity index (χ3v) is 6.19. The van der Waals surface area contributed by atoms with Gasteiger partial charge in [-0.3, -0.25) is 4.79 Å². The molecular formula is C23H22ClN3O2. The first kappa shape index (κ1) is 18.3. The molecule has 1 aliphatic heterocycles. The number of carbonyl (C=O) groups is 1. The van der Waals surface area contributed by atoms with E-state index in [0.717, 1.165) is 47.9 Å². The van der Waals surface area contributed by atoms with Crippen LogP contribution < -0.4 is 4.90 Å². The van der Waals surface area contributed by atoms with Crippen molar-refractivity contribution in [3.63, 3.8) is 0 Å². The number of hydrogen-bond acceptors (Lipinski definition) is 4. The summed E-state index contributed by atoms with van der Waals surface area (Å²) in [5.41, 5.74) is 2.34. The zero-order valence-electron chi connectivity index (χ0n) is 16.1. The topological polar surface area (TPSA) is 49.6 Å². The van der Waals surface area contributed by atoms with Crippen LogP contribution in [0.25, 0.3) is 11.3 Å². The lowest BCUT2D eigenvalue weighted by Gasteiger charge is -2.37. The molecule has 1 amide bonds. The van der Waals surface area contributed by atoms with Crippen LogP contribution in [0.5, 0.6) is 0 Å². The second-order valence-corrected chi connectivity index (χ2v) is 8.22. The van der Waals surface area contributed by atoms with Gasteiger partial charge in [0.15, 0.2) is 5.76 Å². The van der Waals surface area contributed by atoms with Crippen molar-refractivity contribution >= 4 is 23.2 Å². The van der Waals surface area contributed by atoms with Gasteiger partial charge in [-0.05, 0) is 31.0 Å². The van der Waals surface area contributed by atoms with Gasteiger partial charge in [0, 0.05) is 48.5 Å². The molecule has 2 aliphatic rings. The number of aromatic nitrogens is 1. The van der Waals surface area contributed by atoms with Crippen molar-refractivity contribution in [3.8, 4) is 11.3 Å². The summed E-state index contributed by atoms with van der Waals surface area (Å²) < 4.78 is 5.56. The highest BCUT2D eigenvalue weighted by atomic mass is 35.5. The van der Waals surface area contributed by atoms with Crippen LogP contribution >= 0.6 is 11.6 Å². The molecule has 0 N–H and O–H groups in total. The van der Waals surface area contributed by atoms with E-state index in [1.165, 1.54) is 0 Å². The monoisotopic (exact) mass is 407 g/mol. The molecule has 2 aromatic carbocycles. The van der Waals surface area contributed by atoms with Gasteiger partial charge in [-0.2, -0.15) is 0 Å². The van der Waals surface area contributed by atoms with Crippen molar-refractivity contribution in [2.45, 2.75) is 18.3 Å². The number of carbonyl (C=O) groups excluding carboxylic acids is 1. The third-order valence-electron chi connectivity index (χ3n) is 5.96. The summed E-state index contributed by atoms with van der Waals surface area (Å²) in [6.45, 7) is 3.01. The molecular weight excluding hydrogens is 386 g/mol. The largest absolute Gasteiger partial charge is 0.368 e. The molecule has 1 saturated carbocycles. The molecule has 29 heavy (non-hydrogen) atoms. The first-order valence-electron chi connectivity index (χ1n) is 9.98. The first-order chi connectivity index (χ1) is 14.2. The van der Waals surface area contributed by atoms with Crippen molar-refractivity contribution in [1.29, 1.82) is 0 Å². The number of piperazine rings is 1. The SMILES string of the molecule is O=C(N1CCN(c2cccc(Cl)c2)CC1)C1(c2cc(-c3ccccc3)on2)CC1. The summed E-state index contributed by atoms with van der Waals surface area (Å²) in [5.74, 6) is 0.890. The van der Waals surface area contributed by atoms with E-state index in [4.69, 9.17) is 16.1 Å². The van der Waals surface area contributed by atoms with Crippen molar-refractivity contribution in [2.75, 3.05) is 31.1 Å². The quantitative estimate of drug-likeness (QED) is 0.644. The van der Waals surface area contributed by atoms with E-state index < -0.39 is 5.41 Å². The molecule has 3 aromatic rings. The van der Waals surface area contributed by atoms with E-state index in [9.17, 15) is 4.79 Å². The number of rotatable bonds is 4. The Morgan fingerprint density at radius 2 is 1.72 bits per heavy atom. The normalized spacial score (nSPS) is 18.0. The zero-order valence-corrected chi connectivity index (χ0v) is 16.8. The minimum atomic E-state index is -0.505. The standard InChI is InChI=1S/C23H22ClN3O2/c24-18-7-4-8-19(15-18)26-11-13-27(14-12-26)22(28)23(9-10-23)21-16-20(29-25-21)17-5-2-1-3-6-17/h1-8,15-16H,9-14H2. The van der Waals surface area contributed by atoms with E-state index in [2.05, 4.69) is 16.1 Å². The molecule has 0 unspecified atom stereocenters. The van der Waals surface area contributed by atoms with Crippen molar-refractivity contribution in [2.24, 2.45) is 0 Å². The Hall–Kier alpha value is -2.79. The molecule has 2 heterocycles. The number of hydrogen-bond donors (Lipinski definition) is 0. The van der Waals surface area contributed by atoms with Crippen LogP contribution in [0.15, 0.2) is 65.2 Å². The van der Waals surface area contributed by atoms with Crippen LogP contribution in [0, 0.1) is 0 Å². The molecule has 1 aromatic heterocycles. The Balaban J connectivity index is 1.28. The minimum absolute atomic E-state index is 0.177. The Morgan fingerprint density at radius 1 is 0.966 bits per heavy atom. The smallest absolute Gasteiger partial charge is 0.235 e. The maximum absolute atomic E-state index is 13.3. The fraction of sp³-hybridized carbons (Fsp3) is 0.304. The number of amides is 1. The van der Waals surface area contributed by atoms with E-state index >= 15 is 0 Å². The van der Waals surface area contributed by atoms with Gasteiger partial charge in [0.2, 0.25) is 5.91 Å². The highest BCUT2D eigenvalue weighted by Gasteiger charge is 2.55. The van der Waals surface area contributed by atoms with Gasteiger partial charge in [0.05, 0.1) is 11.1 Å². The minimum Gasteiger partial charge on any atom is -0.368 e. The Morgan fingerprint density at radius 3 is 2.41 bits per heavy atom. The number of benzene rings is 2. The van der Waals surface area contributed by atoms with E-state index in [-0.39, 0.29) is 5.91 Å². The molecule has 0 bridgehead atoms. The molecule has 0 atom stereocenters. The summed E-state index contributed by atoms with van der Waals surface area (Å²) in [7, 11) is 0. The molecule has 1 aliphatic carbocycles. The maximum Gasteiger partial charge on any atom is 0.235 e. The summed E-state index contributed by atoms with van der Waals surface area (Å²) in [4.78, 5) is 17.6. The predicted octanol–water partition coefficient (Wildman–Crippen LogP) is 4.38. The highest BCUT2D eigenvalue weighted by Crippen LogP contribution is 2.50. The van der Waals surface area contributed by atoms with Crippen LogP contribution in [0.1, 0.15) is 18.5 Å². The molecule has 0 radical (unpaired) electrons. The number of anilines is 1. The predicted molar refractivity (Wildman–Crippen MR) is 113 cm³/mol. The first-order valence-corrected chi connectivity index (χ1v) is 10.4. The molecule has 5 rings (SSSR count). The number of nitrogens with zero attached hydrogens (tertiary/aromatic N) is 3. The van der Waals surface area contributed by atoms with Crippen LogP contribution in [0.3, 0.4) is 0 Å². The lowest BCUT2D eigenvalue weighted by Crippen LogP contribution is -2.51. The fourth-order valence-corrected chi connectivity index (χ4v) is 4.27. The molecule has 148 valence electrons. The second kappa shape index (κ2) is 7.23. The Kier molecular flexibility index (Phi) is 4.55. The maximum atomic E-state index is 13.3. The molecule has 0 spiro atoms. The lowest BCUT2D eigenvalue weighted by molar-refractivity contribution is -0.134. The van der Waals surface area contributed by atoms with E-state index in [1.807, 2.05) is 59.5 Å². The Bertz CT molecular complexity index is 1020. The highest BCUT2D eigenvalue weighted by molar-refractivity contribution is 6.30. The van der Waals surface area contributed by atoms with Crippen molar-refractivity contribution in [3.05, 3.63) is 71.4 Å². The van der Waals surface area contributed by atoms with Gasteiger partial charge < -0.3 is 14.3 Å². The molecule has 1 saturated heterocycles. The molecule has 2 fully saturated rings. The third kappa shape index (κ3) is 3.40. The van der Waals surface area contributed by atoms with Gasteiger partial charge in [-0.1, -0.05) is 53.2 Å². The van der Waals surface area contributed by atoms with Gasteiger partial charge in [-0.15, -0.1) is 0 Å². The van der Waals surface area contributed by atoms with Gasteiger partial charge in [0.25, 0.3) is 0 Å². The van der Waals surface area contributed by atoms with Gasteiger partial charge >= 0.3 is 0 Å². The van der Waals surface area contributed by atoms with Crippen molar-refractivity contribution < 1.29 is 9.32 Å². The fourth-order valence-electron chi connectivity index (χ4n) is 4.09. The second-order valence-electron chi connectivity index (χ2n) is 7.78. The molecule has 5 nitrogen and oxygen atoms in total. The van der Waals surface area contributed by atoms with Crippen LogP contribution in [-0.4, -0.2) is 42.1 Å². The van der Waals surface area contributed by atoms with E-state index in [1.54, 1.807) is 0 Å². The Labute approximate surface area is 174 Å². The van der Waals surface area contributed by atoms with Gasteiger partial charge in [-0.25, -0.2) is 0 Å². The average molecular weight is 408 g/mol. The van der Waals surface area contributed by atoms with Crippen LogP contribution in [-0.2, 0) is 10.2 Å². The molecule has 6 heteroatoms. The average Bonchev–Trinajstić information content (AvgIpc) is 3.43. The van der Waals surface area contributed by atoms with Crippen LogP contribution in [0.2, 0.25) is 5.02 Å². The number of halogens is 1. The summed E-state index contributed by atoms with van der Waals surface area (Å²) in [5, 5.41) is 5.00. The zero-order chi connectivity index (χ0) is 19.8.